The van der Waals surface area contributed by atoms with E-state index in [0.717, 1.165) is 5.56 Å². The molecule has 0 unspecified atom stereocenters. The van der Waals surface area contributed by atoms with Crippen LogP contribution < -0.4 is 11.1 Å². The number of carbonyl (C=O) groups excluding carboxylic acids is 1. The number of nitrogens with zero attached hydrogens (tertiary/aromatic N) is 1. The number of aromatic nitrogens is 2. The van der Waals surface area contributed by atoms with Gasteiger partial charge in [0, 0.05) is 30.3 Å². The van der Waals surface area contributed by atoms with Gasteiger partial charge < -0.3 is 11.1 Å². The first-order valence-corrected chi connectivity index (χ1v) is 4.50. The molecular weight excluding hydrogens is 180 g/mol. The number of hydrogen-bond acceptors (Lipinski definition) is 3. The van der Waals surface area contributed by atoms with E-state index in [1.807, 2.05) is 13.8 Å². The number of nitrogens with two attached hydrogens (primary N) is 1. The van der Waals surface area contributed by atoms with E-state index < -0.39 is 5.54 Å². The van der Waals surface area contributed by atoms with Crippen molar-refractivity contribution in [3.8, 4) is 0 Å². The molecule has 0 spiro atoms. The van der Waals surface area contributed by atoms with Gasteiger partial charge in [-0.3, -0.25) is 9.89 Å². The second-order valence-electron chi connectivity index (χ2n) is 4.05. The van der Waals surface area contributed by atoms with E-state index in [9.17, 15) is 4.79 Å². The van der Waals surface area contributed by atoms with Crippen molar-refractivity contribution in [2.24, 2.45) is 5.73 Å². The molecule has 5 heteroatoms. The van der Waals surface area contributed by atoms with Gasteiger partial charge in [-0.25, -0.2) is 0 Å². The molecule has 1 amide bonds. The number of carbonyl (C=O) groups is 1. The van der Waals surface area contributed by atoms with Crippen LogP contribution in [0.1, 0.15) is 25.8 Å². The Morgan fingerprint density at radius 2 is 2.43 bits per heavy atom. The molecule has 0 fully saturated rings. The molecule has 0 aromatic carbocycles. The van der Waals surface area contributed by atoms with Crippen molar-refractivity contribution in [3.05, 3.63) is 18.0 Å². The quantitative estimate of drug-likeness (QED) is 0.641. The summed E-state index contributed by atoms with van der Waals surface area (Å²) in [6, 6.07) is 0. The molecule has 0 saturated heterocycles. The molecule has 0 atom stereocenters. The fourth-order valence-electron chi connectivity index (χ4n) is 1.05. The minimum absolute atomic E-state index is 0.0429. The van der Waals surface area contributed by atoms with Gasteiger partial charge in [0.05, 0.1) is 6.20 Å². The van der Waals surface area contributed by atoms with Crippen molar-refractivity contribution in [2.75, 3.05) is 0 Å². The van der Waals surface area contributed by atoms with Gasteiger partial charge in [-0.15, -0.1) is 0 Å². The summed E-state index contributed by atoms with van der Waals surface area (Å²) in [6.07, 6.45) is 3.74. The average molecular weight is 196 g/mol. The van der Waals surface area contributed by atoms with Crippen LogP contribution in [0, 0.1) is 0 Å². The molecule has 1 rings (SSSR count). The van der Waals surface area contributed by atoms with Gasteiger partial charge in [0.25, 0.3) is 0 Å². The van der Waals surface area contributed by atoms with Gasteiger partial charge in [-0.1, -0.05) is 0 Å². The van der Waals surface area contributed by atoms with E-state index in [-0.39, 0.29) is 5.91 Å². The molecule has 0 aliphatic carbocycles. The summed E-state index contributed by atoms with van der Waals surface area (Å²) in [4.78, 5) is 11.3. The lowest BCUT2D eigenvalue weighted by Gasteiger charge is -2.17. The SMILES string of the molecule is CC(C)(N)CC(=O)NCc1cn[nH]c1. The van der Waals surface area contributed by atoms with Crippen molar-refractivity contribution in [1.82, 2.24) is 15.5 Å². The van der Waals surface area contributed by atoms with E-state index in [2.05, 4.69) is 15.5 Å². The zero-order chi connectivity index (χ0) is 10.6. The second kappa shape index (κ2) is 4.23. The van der Waals surface area contributed by atoms with E-state index >= 15 is 0 Å². The standard InChI is InChI=1S/C9H16N4O/c1-9(2,10)3-8(14)11-4-7-5-12-13-6-7/h5-6H,3-4,10H2,1-2H3,(H,11,14)(H,12,13). The van der Waals surface area contributed by atoms with Crippen LogP contribution in [0.3, 0.4) is 0 Å². The molecule has 1 heterocycles. The van der Waals surface area contributed by atoms with E-state index in [0.29, 0.717) is 13.0 Å². The Morgan fingerprint density at radius 3 is 2.93 bits per heavy atom. The summed E-state index contributed by atoms with van der Waals surface area (Å²) in [5.74, 6) is -0.0429. The lowest BCUT2D eigenvalue weighted by Crippen LogP contribution is -2.38. The van der Waals surface area contributed by atoms with Crippen molar-refractivity contribution in [3.63, 3.8) is 0 Å². The number of rotatable bonds is 4. The smallest absolute Gasteiger partial charge is 0.222 e. The van der Waals surface area contributed by atoms with Crippen molar-refractivity contribution < 1.29 is 4.79 Å². The Kier molecular flexibility index (Phi) is 3.24. The van der Waals surface area contributed by atoms with Gasteiger partial charge in [0.1, 0.15) is 0 Å². The molecule has 4 N–H and O–H groups in total. The highest BCUT2D eigenvalue weighted by atomic mass is 16.1. The molecule has 0 bridgehead atoms. The maximum absolute atomic E-state index is 11.3. The van der Waals surface area contributed by atoms with Crippen LogP contribution in [0.15, 0.2) is 12.4 Å². The highest BCUT2D eigenvalue weighted by molar-refractivity contribution is 5.77. The Morgan fingerprint density at radius 1 is 1.71 bits per heavy atom. The first-order chi connectivity index (χ1) is 6.47. The third-order valence-electron chi connectivity index (χ3n) is 1.66. The predicted molar refractivity (Wildman–Crippen MR) is 53.3 cm³/mol. The lowest BCUT2D eigenvalue weighted by atomic mass is 10.0. The summed E-state index contributed by atoms with van der Waals surface area (Å²) in [6.45, 7) is 4.14. The second-order valence-corrected chi connectivity index (χ2v) is 4.05. The zero-order valence-corrected chi connectivity index (χ0v) is 8.50. The largest absolute Gasteiger partial charge is 0.352 e. The Bertz CT molecular complexity index is 286. The molecule has 5 nitrogen and oxygen atoms in total. The zero-order valence-electron chi connectivity index (χ0n) is 8.50. The van der Waals surface area contributed by atoms with Crippen molar-refractivity contribution in [2.45, 2.75) is 32.4 Å². The summed E-state index contributed by atoms with van der Waals surface area (Å²) in [7, 11) is 0. The lowest BCUT2D eigenvalue weighted by molar-refractivity contribution is -0.122. The Hall–Kier alpha value is -1.36. The average Bonchev–Trinajstić information content (AvgIpc) is 2.49. The first kappa shape index (κ1) is 10.7. The molecule has 1 aromatic heterocycles. The summed E-state index contributed by atoms with van der Waals surface area (Å²) >= 11 is 0. The third-order valence-corrected chi connectivity index (χ3v) is 1.66. The molecule has 1 aromatic rings. The number of hydrogen-bond donors (Lipinski definition) is 3. The van der Waals surface area contributed by atoms with Crippen molar-refractivity contribution >= 4 is 5.91 Å². The van der Waals surface area contributed by atoms with Crippen LogP contribution in [0.2, 0.25) is 0 Å². The monoisotopic (exact) mass is 196 g/mol. The summed E-state index contributed by atoms with van der Waals surface area (Å²) in [5, 5.41) is 9.21. The van der Waals surface area contributed by atoms with Gasteiger partial charge in [-0.2, -0.15) is 5.10 Å². The molecule has 0 aliphatic heterocycles. The van der Waals surface area contributed by atoms with E-state index in [1.54, 1.807) is 12.4 Å². The maximum Gasteiger partial charge on any atom is 0.222 e. The fraction of sp³-hybridized carbons (Fsp3) is 0.556. The molecular formula is C9H16N4O. The molecule has 14 heavy (non-hydrogen) atoms. The Balaban J connectivity index is 2.29. The number of amides is 1. The van der Waals surface area contributed by atoms with Crippen LogP contribution in [-0.4, -0.2) is 21.6 Å². The van der Waals surface area contributed by atoms with Gasteiger partial charge in [0.2, 0.25) is 5.91 Å². The number of nitrogens with one attached hydrogen (secondary N) is 2. The fourth-order valence-corrected chi connectivity index (χ4v) is 1.05. The van der Waals surface area contributed by atoms with E-state index in [4.69, 9.17) is 5.73 Å². The molecule has 0 radical (unpaired) electrons. The summed E-state index contributed by atoms with van der Waals surface area (Å²) in [5.41, 5.74) is 6.20. The number of aromatic amines is 1. The minimum atomic E-state index is -0.458. The predicted octanol–water partition coefficient (Wildman–Crippen LogP) is 0.153. The highest BCUT2D eigenvalue weighted by Crippen LogP contribution is 2.03. The Labute approximate surface area is 83.1 Å². The maximum atomic E-state index is 11.3. The van der Waals surface area contributed by atoms with E-state index in [1.165, 1.54) is 0 Å². The first-order valence-electron chi connectivity index (χ1n) is 4.50. The third kappa shape index (κ3) is 4.04. The van der Waals surface area contributed by atoms with Gasteiger partial charge >= 0.3 is 0 Å². The van der Waals surface area contributed by atoms with Crippen LogP contribution in [0.5, 0.6) is 0 Å². The topological polar surface area (TPSA) is 83.8 Å². The number of H-pyrrole nitrogens is 1. The van der Waals surface area contributed by atoms with Gasteiger partial charge in [-0.05, 0) is 13.8 Å². The molecule has 0 saturated carbocycles. The normalized spacial score (nSPS) is 11.4. The van der Waals surface area contributed by atoms with Crippen LogP contribution in [0.25, 0.3) is 0 Å². The molecule has 78 valence electrons. The minimum Gasteiger partial charge on any atom is -0.352 e. The van der Waals surface area contributed by atoms with Crippen LogP contribution in [0.4, 0.5) is 0 Å². The highest BCUT2D eigenvalue weighted by Gasteiger charge is 2.15. The molecule has 0 aliphatic rings. The van der Waals surface area contributed by atoms with Gasteiger partial charge in [0.15, 0.2) is 0 Å². The summed E-state index contributed by atoms with van der Waals surface area (Å²) < 4.78 is 0. The van der Waals surface area contributed by atoms with Crippen LogP contribution >= 0.6 is 0 Å². The van der Waals surface area contributed by atoms with Crippen LogP contribution in [-0.2, 0) is 11.3 Å². The van der Waals surface area contributed by atoms with Crippen molar-refractivity contribution in [1.29, 1.82) is 0 Å².